The van der Waals surface area contributed by atoms with Crippen molar-refractivity contribution in [2.75, 3.05) is 0 Å². The maximum absolute atomic E-state index is 12.1. The fourth-order valence-electron chi connectivity index (χ4n) is 3.67. The van der Waals surface area contributed by atoms with Crippen molar-refractivity contribution in [1.82, 2.24) is 0 Å². The molecule has 3 unspecified atom stereocenters. The fraction of sp³-hybridized carbons (Fsp3) is 0.842. The van der Waals surface area contributed by atoms with Gasteiger partial charge in [-0.1, -0.05) is 39.7 Å². The number of hydrogen-bond donors (Lipinski definition) is 1. The summed E-state index contributed by atoms with van der Waals surface area (Å²) in [7, 11) is -1.81. The van der Waals surface area contributed by atoms with Crippen LogP contribution >= 0.6 is 0 Å². The van der Waals surface area contributed by atoms with Gasteiger partial charge in [-0.25, -0.2) is 0 Å². The van der Waals surface area contributed by atoms with Gasteiger partial charge in [-0.2, -0.15) is 0 Å². The molecule has 0 aromatic rings. The summed E-state index contributed by atoms with van der Waals surface area (Å²) in [6.07, 6.45) is 4.10. The summed E-state index contributed by atoms with van der Waals surface area (Å²) >= 11 is 0. The summed E-state index contributed by atoms with van der Waals surface area (Å²) in [6.45, 7) is 19.3. The van der Waals surface area contributed by atoms with Gasteiger partial charge in [0.15, 0.2) is 8.32 Å². The highest BCUT2D eigenvalue weighted by Gasteiger charge is 2.50. The molecule has 23 heavy (non-hydrogen) atoms. The third-order valence-electron chi connectivity index (χ3n) is 6.04. The molecule has 1 saturated carbocycles. The number of carboxylic acids is 1. The third-order valence-corrected chi connectivity index (χ3v) is 10.6. The number of aliphatic carboxylic acids is 1. The molecule has 4 heteroatoms. The molecule has 1 N–H and O–H groups in total. The lowest BCUT2D eigenvalue weighted by atomic mass is 9.62. The fourth-order valence-corrected chi connectivity index (χ4v) is 5.07. The van der Waals surface area contributed by atoms with Gasteiger partial charge in [0, 0.05) is 6.10 Å². The Labute approximate surface area is 143 Å². The first-order valence-electron chi connectivity index (χ1n) is 8.91. The number of allylic oxidation sites excluding steroid dienone is 1. The molecule has 0 spiro atoms. The van der Waals surface area contributed by atoms with E-state index in [9.17, 15) is 9.90 Å². The molecule has 0 aromatic heterocycles. The SMILES string of the molecule is C=C(C)CC1(C(=O)O)CCC(O[Si](C)(C)C(C)(C)C)CC1CC. The van der Waals surface area contributed by atoms with Crippen LogP contribution in [0.4, 0.5) is 0 Å². The van der Waals surface area contributed by atoms with Gasteiger partial charge in [0.1, 0.15) is 0 Å². The van der Waals surface area contributed by atoms with E-state index in [-0.39, 0.29) is 17.1 Å². The van der Waals surface area contributed by atoms with Gasteiger partial charge >= 0.3 is 5.97 Å². The van der Waals surface area contributed by atoms with Crippen molar-refractivity contribution in [2.45, 2.75) is 91.0 Å². The molecule has 0 saturated heterocycles. The Hall–Kier alpha value is -0.613. The zero-order valence-corrected chi connectivity index (χ0v) is 17.2. The summed E-state index contributed by atoms with van der Waals surface area (Å²) in [6, 6.07) is 0. The lowest BCUT2D eigenvalue weighted by Gasteiger charge is -2.47. The minimum atomic E-state index is -1.81. The van der Waals surface area contributed by atoms with Crippen LogP contribution in [0.1, 0.15) is 66.7 Å². The second-order valence-corrected chi connectivity index (χ2v) is 13.7. The van der Waals surface area contributed by atoms with Crippen LogP contribution in [0, 0.1) is 11.3 Å². The number of rotatable bonds is 6. The highest BCUT2D eigenvalue weighted by Crippen LogP contribution is 2.49. The number of hydrogen-bond acceptors (Lipinski definition) is 2. The third kappa shape index (κ3) is 4.47. The van der Waals surface area contributed by atoms with Gasteiger partial charge in [0.25, 0.3) is 0 Å². The van der Waals surface area contributed by atoms with E-state index in [0.29, 0.717) is 12.8 Å². The smallest absolute Gasteiger partial charge is 0.310 e. The van der Waals surface area contributed by atoms with Gasteiger partial charge < -0.3 is 9.53 Å². The largest absolute Gasteiger partial charge is 0.481 e. The van der Waals surface area contributed by atoms with Crippen molar-refractivity contribution in [3.05, 3.63) is 12.2 Å². The Balaban J connectivity index is 2.94. The molecule has 3 nitrogen and oxygen atoms in total. The maximum atomic E-state index is 12.1. The van der Waals surface area contributed by atoms with Gasteiger partial charge in [0.05, 0.1) is 5.41 Å². The van der Waals surface area contributed by atoms with Crippen LogP contribution < -0.4 is 0 Å². The van der Waals surface area contributed by atoms with Crippen LogP contribution in [0.2, 0.25) is 18.1 Å². The number of carbonyl (C=O) groups is 1. The normalized spacial score (nSPS) is 29.3. The zero-order chi connectivity index (χ0) is 18.1. The Morgan fingerprint density at radius 1 is 1.39 bits per heavy atom. The summed E-state index contributed by atoms with van der Waals surface area (Å²) in [5.74, 6) is -0.488. The average Bonchev–Trinajstić information content (AvgIpc) is 2.37. The van der Waals surface area contributed by atoms with E-state index in [4.69, 9.17) is 4.43 Å². The summed E-state index contributed by atoms with van der Waals surface area (Å²) in [5, 5.41) is 10.1. The van der Waals surface area contributed by atoms with E-state index in [2.05, 4.69) is 47.4 Å². The van der Waals surface area contributed by atoms with Gasteiger partial charge in [-0.3, -0.25) is 4.79 Å². The minimum absolute atomic E-state index is 0.167. The Bertz CT molecular complexity index is 450. The summed E-state index contributed by atoms with van der Waals surface area (Å²) in [5.41, 5.74) is 0.322. The monoisotopic (exact) mass is 340 g/mol. The first-order chi connectivity index (χ1) is 10.4. The first-order valence-corrected chi connectivity index (χ1v) is 11.8. The second kappa shape index (κ2) is 7.10. The van der Waals surface area contributed by atoms with Crippen molar-refractivity contribution in [3.63, 3.8) is 0 Å². The highest BCUT2D eigenvalue weighted by molar-refractivity contribution is 6.74. The van der Waals surface area contributed by atoms with Crippen LogP contribution in [-0.2, 0) is 9.22 Å². The Morgan fingerprint density at radius 2 is 1.96 bits per heavy atom. The van der Waals surface area contributed by atoms with E-state index < -0.39 is 19.7 Å². The molecular weight excluding hydrogens is 304 g/mol. The van der Waals surface area contributed by atoms with E-state index >= 15 is 0 Å². The minimum Gasteiger partial charge on any atom is -0.481 e. The van der Waals surface area contributed by atoms with E-state index in [0.717, 1.165) is 24.8 Å². The van der Waals surface area contributed by atoms with Gasteiger partial charge in [-0.15, -0.1) is 6.58 Å². The van der Waals surface area contributed by atoms with Crippen LogP contribution in [0.5, 0.6) is 0 Å². The van der Waals surface area contributed by atoms with Crippen LogP contribution in [0.25, 0.3) is 0 Å². The molecule has 134 valence electrons. The molecule has 3 atom stereocenters. The number of carboxylic acid groups (broad SMARTS) is 1. The average molecular weight is 341 g/mol. The second-order valence-electron chi connectivity index (χ2n) is 8.97. The molecule has 0 radical (unpaired) electrons. The molecule has 0 amide bonds. The van der Waals surface area contributed by atoms with Crippen LogP contribution in [0.3, 0.4) is 0 Å². The van der Waals surface area contributed by atoms with Crippen molar-refractivity contribution < 1.29 is 14.3 Å². The molecule has 0 aromatic carbocycles. The lowest BCUT2D eigenvalue weighted by Crippen LogP contribution is -2.49. The lowest BCUT2D eigenvalue weighted by molar-refractivity contribution is -0.157. The predicted octanol–water partition coefficient (Wildman–Crippen LogP) is 5.62. The highest BCUT2D eigenvalue weighted by atomic mass is 28.4. The van der Waals surface area contributed by atoms with Crippen molar-refractivity contribution in [1.29, 1.82) is 0 Å². The van der Waals surface area contributed by atoms with E-state index in [1.807, 2.05) is 6.92 Å². The molecule has 0 bridgehead atoms. The van der Waals surface area contributed by atoms with Crippen molar-refractivity contribution in [3.8, 4) is 0 Å². The quantitative estimate of drug-likeness (QED) is 0.504. The Kier molecular flexibility index (Phi) is 6.31. The molecule has 0 aliphatic heterocycles. The molecule has 1 aliphatic carbocycles. The van der Waals surface area contributed by atoms with Crippen molar-refractivity contribution in [2.24, 2.45) is 11.3 Å². The molecule has 1 fully saturated rings. The van der Waals surface area contributed by atoms with E-state index in [1.165, 1.54) is 0 Å². The van der Waals surface area contributed by atoms with E-state index in [1.54, 1.807) is 0 Å². The predicted molar refractivity (Wildman–Crippen MR) is 99.2 cm³/mol. The molecular formula is C19H36O3Si. The molecule has 1 rings (SSSR count). The standard InChI is InChI=1S/C19H36O3Si/c1-9-15-12-16(22-23(7,8)18(4,5)6)10-11-19(15,17(20)21)13-14(2)3/h15-16H,2,9-13H2,1,3-8H3,(H,20,21). The molecule has 0 heterocycles. The topological polar surface area (TPSA) is 46.5 Å². The van der Waals surface area contributed by atoms with Crippen molar-refractivity contribution >= 4 is 14.3 Å². The summed E-state index contributed by atoms with van der Waals surface area (Å²) < 4.78 is 6.58. The van der Waals surface area contributed by atoms with Crippen LogP contribution in [0.15, 0.2) is 12.2 Å². The summed E-state index contributed by atoms with van der Waals surface area (Å²) in [4.78, 5) is 12.1. The van der Waals surface area contributed by atoms with Gasteiger partial charge in [-0.05, 0) is 56.7 Å². The zero-order valence-electron chi connectivity index (χ0n) is 16.2. The van der Waals surface area contributed by atoms with Crippen LogP contribution in [-0.4, -0.2) is 25.5 Å². The Morgan fingerprint density at radius 3 is 2.35 bits per heavy atom. The maximum Gasteiger partial charge on any atom is 0.310 e. The first kappa shape index (κ1) is 20.4. The molecule has 1 aliphatic rings. The van der Waals surface area contributed by atoms with Gasteiger partial charge in [0.2, 0.25) is 0 Å².